The number of carbonyl (C=O) groups excluding carboxylic acids is 2. The zero-order valence-corrected chi connectivity index (χ0v) is 10.5. The first-order valence-electron chi connectivity index (χ1n) is 5.61. The van der Waals surface area contributed by atoms with E-state index in [0.29, 0.717) is 6.54 Å². The van der Waals surface area contributed by atoms with E-state index in [2.05, 4.69) is 0 Å². The van der Waals surface area contributed by atoms with Crippen LogP contribution < -0.4 is 0 Å². The van der Waals surface area contributed by atoms with Crippen LogP contribution in [0.4, 0.5) is 0 Å². The smallest absolute Gasteiger partial charge is 0.227 e. The predicted molar refractivity (Wildman–Crippen MR) is 61.3 cm³/mol. The van der Waals surface area contributed by atoms with E-state index < -0.39 is 6.10 Å². The lowest BCUT2D eigenvalue weighted by atomic mass is 10.1. The van der Waals surface area contributed by atoms with Gasteiger partial charge in [-0.15, -0.1) is 0 Å². The Morgan fingerprint density at radius 3 is 2.82 bits per heavy atom. The molecule has 1 aliphatic rings. The lowest BCUT2D eigenvalue weighted by Gasteiger charge is -2.23. The zero-order valence-electron chi connectivity index (χ0n) is 10.5. The van der Waals surface area contributed by atoms with Crippen molar-refractivity contribution in [2.75, 3.05) is 40.9 Å². The van der Waals surface area contributed by atoms with E-state index in [-0.39, 0.29) is 37.3 Å². The predicted octanol–water partition coefficient (Wildman–Crippen LogP) is -1.07. The summed E-state index contributed by atoms with van der Waals surface area (Å²) in [6.45, 7) is 0.880. The first-order valence-corrected chi connectivity index (χ1v) is 5.61. The highest BCUT2D eigenvalue weighted by molar-refractivity contribution is 5.89. The van der Waals surface area contributed by atoms with Gasteiger partial charge in [0, 0.05) is 40.7 Å². The largest absolute Gasteiger partial charge is 0.389 e. The quantitative estimate of drug-likeness (QED) is 0.668. The molecule has 2 amide bonds. The molecule has 6 nitrogen and oxygen atoms in total. The number of hydrogen-bond donors (Lipinski definition) is 1. The monoisotopic (exact) mass is 244 g/mol. The fourth-order valence-corrected chi connectivity index (χ4v) is 1.99. The van der Waals surface area contributed by atoms with Gasteiger partial charge in [-0.3, -0.25) is 9.59 Å². The van der Waals surface area contributed by atoms with Crippen molar-refractivity contribution in [1.82, 2.24) is 9.80 Å². The van der Waals surface area contributed by atoms with Crippen LogP contribution in [0, 0.1) is 5.92 Å². The maximum Gasteiger partial charge on any atom is 0.227 e. The average Bonchev–Trinajstić information content (AvgIpc) is 2.58. The van der Waals surface area contributed by atoms with E-state index in [1.165, 1.54) is 12.0 Å². The molecule has 2 unspecified atom stereocenters. The number of likely N-dealkylation sites (N-methyl/N-ethyl adjacent to an activating group) is 1. The van der Waals surface area contributed by atoms with Crippen molar-refractivity contribution in [3.8, 4) is 0 Å². The van der Waals surface area contributed by atoms with Crippen LogP contribution in [0.15, 0.2) is 0 Å². The maximum absolute atomic E-state index is 12.0. The van der Waals surface area contributed by atoms with Crippen molar-refractivity contribution in [2.24, 2.45) is 5.92 Å². The molecule has 0 radical (unpaired) electrons. The van der Waals surface area contributed by atoms with Crippen LogP contribution in [0.25, 0.3) is 0 Å². The molecule has 1 aliphatic heterocycles. The maximum atomic E-state index is 12.0. The van der Waals surface area contributed by atoms with Gasteiger partial charge in [0.2, 0.25) is 11.8 Å². The summed E-state index contributed by atoms with van der Waals surface area (Å²) < 4.78 is 4.79. The lowest BCUT2D eigenvalue weighted by molar-refractivity contribution is -0.136. The summed E-state index contributed by atoms with van der Waals surface area (Å²) >= 11 is 0. The normalized spacial score (nSPS) is 21.8. The molecular weight excluding hydrogens is 224 g/mol. The second-order valence-corrected chi connectivity index (χ2v) is 4.50. The zero-order chi connectivity index (χ0) is 13.0. The van der Waals surface area contributed by atoms with Gasteiger partial charge in [0.05, 0.1) is 18.6 Å². The van der Waals surface area contributed by atoms with Crippen LogP contribution in [0.3, 0.4) is 0 Å². The Balaban J connectivity index is 2.44. The molecule has 0 spiro atoms. The third-order valence-corrected chi connectivity index (χ3v) is 2.91. The Bertz CT molecular complexity index is 295. The van der Waals surface area contributed by atoms with Gasteiger partial charge in [-0.05, 0) is 0 Å². The van der Waals surface area contributed by atoms with Crippen LogP contribution in [0.2, 0.25) is 0 Å². The van der Waals surface area contributed by atoms with Crippen molar-refractivity contribution >= 4 is 11.8 Å². The number of amides is 2. The molecule has 6 heteroatoms. The Morgan fingerprint density at radius 1 is 1.71 bits per heavy atom. The number of ether oxygens (including phenoxy) is 1. The first kappa shape index (κ1) is 13.9. The van der Waals surface area contributed by atoms with Gasteiger partial charge in [-0.25, -0.2) is 0 Å². The van der Waals surface area contributed by atoms with Gasteiger partial charge in [-0.2, -0.15) is 0 Å². The highest BCUT2D eigenvalue weighted by atomic mass is 16.5. The molecule has 0 saturated carbocycles. The molecule has 17 heavy (non-hydrogen) atoms. The number of aliphatic hydroxyl groups is 1. The summed E-state index contributed by atoms with van der Waals surface area (Å²) in [6, 6.07) is 0. The minimum atomic E-state index is -0.691. The molecule has 2 atom stereocenters. The SMILES string of the molecule is COCC(O)CN(C)C(=O)C1CC(=O)N(C)C1. The van der Waals surface area contributed by atoms with Gasteiger partial charge < -0.3 is 19.6 Å². The van der Waals surface area contributed by atoms with Crippen LogP contribution in [0.5, 0.6) is 0 Å². The van der Waals surface area contributed by atoms with Gasteiger partial charge >= 0.3 is 0 Å². The van der Waals surface area contributed by atoms with Gasteiger partial charge in [0.15, 0.2) is 0 Å². The Hall–Kier alpha value is -1.14. The van der Waals surface area contributed by atoms with Crippen molar-refractivity contribution in [3.05, 3.63) is 0 Å². The summed E-state index contributed by atoms with van der Waals surface area (Å²) in [4.78, 5) is 26.3. The third kappa shape index (κ3) is 3.67. The first-order chi connectivity index (χ1) is 7.95. The minimum Gasteiger partial charge on any atom is -0.389 e. The highest BCUT2D eigenvalue weighted by Gasteiger charge is 2.34. The fourth-order valence-electron chi connectivity index (χ4n) is 1.99. The topological polar surface area (TPSA) is 70.1 Å². The molecular formula is C11H20N2O4. The van der Waals surface area contributed by atoms with E-state index in [0.717, 1.165) is 0 Å². The standard InChI is InChI=1S/C11H20N2O4/c1-12-5-8(4-10(12)15)11(16)13(2)6-9(14)7-17-3/h8-9,14H,4-7H2,1-3H3. The average molecular weight is 244 g/mol. The van der Waals surface area contributed by atoms with Gasteiger partial charge in [0.1, 0.15) is 0 Å². The van der Waals surface area contributed by atoms with E-state index in [9.17, 15) is 14.7 Å². The van der Waals surface area contributed by atoms with Crippen molar-refractivity contribution in [3.63, 3.8) is 0 Å². The molecule has 1 rings (SSSR count). The number of methoxy groups -OCH3 is 1. The lowest BCUT2D eigenvalue weighted by Crippen LogP contribution is -2.40. The third-order valence-electron chi connectivity index (χ3n) is 2.91. The van der Waals surface area contributed by atoms with Crippen LogP contribution in [-0.4, -0.2) is 73.7 Å². The molecule has 98 valence electrons. The summed E-state index contributed by atoms with van der Waals surface area (Å²) in [7, 11) is 4.81. The van der Waals surface area contributed by atoms with E-state index in [1.807, 2.05) is 0 Å². The summed E-state index contributed by atoms with van der Waals surface area (Å²) in [5.41, 5.74) is 0. The van der Waals surface area contributed by atoms with E-state index in [1.54, 1.807) is 19.0 Å². The summed E-state index contributed by atoms with van der Waals surface area (Å²) in [6.07, 6.45) is -0.427. The number of likely N-dealkylation sites (tertiary alicyclic amines) is 1. The fraction of sp³-hybridized carbons (Fsp3) is 0.818. The number of aliphatic hydroxyl groups excluding tert-OH is 1. The molecule has 0 aromatic carbocycles. The Morgan fingerprint density at radius 2 is 2.35 bits per heavy atom. The summed E-state index contributed by atoms with van der Waals surface area (Å²) in [5, 5.41) is 9.52. The summed E-state index contributed by atoms with van der Waals surface area (Å²) in [5.74, 6) is -0.390. The Labute approximate surface area is 101 Å². The number of nitrogens with zero attached hydrogens (tertiary/aromatic N) is 2. The molecule has 1 saturated heterocycles. The van der Waals surface area contributed by atoms with Gasteiger partial charge in [0.25, 0.3) is 0 Å². The minimum absolute atomic E-state index is 0.00538. The number of carbonyl (C=O) groups is 2. The van der Waals surface area contributed by atoms with Gasteiger partial charge in [-0.1, -0.05) is 0 Å². The van der Waals surface area contributed by atoms with Crippen LogP contribution >= 0.6 is 0 Å². The van der Waals surface area contributed by atoms with E-state index >= 15 is 0 Å². The molecule has 1 heterocycles. The molecule has 0 aromatic heterocycles. The number of rotatable bonds is 5. The van der Waals surface area contributed by atoms with Crippen molar-refractivity contribution in [1.29, 1.82) is 0 Å². The molecule has 1 fully saturated rings. The number of hydrogen-bond acceptors (Lipinski definition) is 4. The van der Waals surface area contributed by atoms with Crippen molar-refractivity contribution in [2.45, 2.75) is 12.5 Å². The van der Waals surface area contributed by atoms with Crippen molar-refractivity contribution < 1.29 is 19.4 Å². The second kappa shape index (κ2) is 5.97. The van der Waals surface area contributed by atoms with E-state index in [4.69, 9.17) is 4.74 Å². The van der Waals surface area contributed by atoms with Crippen LogP contribution in [0.1, 0.15) is 6.42 Å². The molecule has 0 aliphatic carbocycles. The molecule has 1 N–H and O–H groups in total. The molecule has 0 bridgehead atoms. The highest BCUT2D eigenvalue weighted by Crippen LogP contribution is 2.18. The second-order valence-electron chi connectivity index (χ2n) is 4.50. The van der Waals surface area contributed by atoms with Crippen LogP contribution in [-0.2, 0) is 14.3 Å². The molecule has 0 aromatic rings. The Kier molecular flexibility index (Phi) is 4.89.